The summed E-state index contributed by atoms with van der Waals surface area (Å²) >= 11 is 3.42. The molecule has 94 valence electrons. The van der Waals surface area contributed by atoms with Gasteiger partial charge in [0, 0.05) is 10.2 Å². The highest BCUT2D eigenvalue weighted by Gasteiger charge is 2.17. The Morgan fingerprint density at radius 3 is 2.76 bits per heavy atom. The minimum atomic E-state index is -0.289. The van der Waals surface area contributed by atoms with Crippen LogP contribution in [-0.4, -0.2) is 18.6 Å². The smallest absolute Gasteiger partial charge is 0.328 e. The molecular weight excluding hydrogens is 282 g/mol. The van der Waals surface area contributed by atoms with Crippen LogP contribution < -0.4 is 5.32 Å². The number of anilines is 1. The fourth-order valence-electron chi connectivity index (χ4n) is 1.51. The lowest BCUT2D eigenvalue weighted by Crippen LogP contribution is -2.30. The first kappa shape index (κ1) is 14.0. The zero-order valence-electron chi connectivity index (χ0n) is 10.4. The molecule has 0 heterocycles. The van der Waals surface area contributed by atoms with Crippen molar-refractivity contribution in [2.45, 2.75) is 33.2 Å². The molecule has 0 fully saturated rings. The Hall–Kier alpha value is -1.03. The topological polar surface area (TPSA) is 38.3 Å². The van der Waals surface area contributed by atoms with Gasteiger partial charge in [-0.05, 0) is 38.0 Å². The van der Waals surface area contributed by atoms with Crippen LogP contribution in [0, 0.1) is 6.92 Å². The maximum atomic E-state index is 11.7. The lowest BCUT2D eigenvalue weighted by Gasteiger charge is -2.18. The molecule has 1 atom stereocenters. The number of rotatable bonds is 5. The molecule has 0 saturated carbocycles. The van der Waals surface area contributed by atoms with Gasteiger partial charge >= 0.3 is 5.97 Å². The van der Waals surface area contributed by atoms with Crippen molar-refractivity contribution < 1.29 is 9.53 Å². The summed E-state index contributed by atoms with van der Waals surface area (Å²) in [6.07, 6.45) is 0.699. The zero-order valence-corrected chi connectivity index (χ0v) is 12.0. The van der Waals surface area contributed by atoms with Crippen molar-refractivity contribution >= 4 is 27.6 Å². The lowest BCUT2D eigenvalue weighted by atomic mass is 10.1. The number of hydrogen-bond acceptors (Lipinski definition) is 3. The molecule has 1 rings (SSSR count). The normalized spacial score (nSPS) is 12.0. The second-order valence-corrected chi connectivity index (χ2v) is 4.73. The number of aryl methyl sites for hydroxylation is 1. The highest BCUT2D eigenvalue weighted by Crippen LogP contribution is 2.22. The fraction of sp³-hybridized carbons (Fsp3) is 0.462. The summed E-state index contributed by atoms with van der Waals surface area (Å²) in [5.74, 6) is -0.200. The SMILES string of the molecule is CCOC(=O)C(CC)Nc1cc(Br)ccc1C. The second-order valence-electron chi connectivity index (χ2n) is 3.82. The van der Waals surface area contributed by atoms with Crippen molar-refractivity contribution in [3.05, 3.63) is 28.2 Å². The molecule has 17 heavy (non-hydrogen) atoms. The lowest BCUT2D eigenvalue weighted by molar-refractivity contribution is -0.144. The summed E-state index contributed by atoms with van der Waals surface area (Å²) in [5.41, 5.74) is 2.07. The van der Waals surface area contributed by atoms with Gasteiger partial charge in [-0.1, -0.05) is 28.9 Å². The minimum absolute atomic E-state index is 0.200. The number of carbonyl (C=O) groups is 1. The highest BCUT2D eigenvalue weighted by atomic mass is 79.9. The Bertz CT molecular complexity index is 393. The van der Waals surface area contributed by atoms with Crippen LogP contribution in [-0.2, 0) is 9.53 Å². The maximum absolute atomic E-state index is 11.7. The van der Waals surface area contributed by atoms with Gasteiger partial charge in [-0.15, -0.1) is 0 Å². The Balaban J connectivity index is 2.80. The van der Waals surface area contributed by atoms with E-state index in [1.54, 1.807) is 0 Å². The fourth-order valence-corrected chi connectivity index (χ4v) is 1.87. The van der Waals surface area contributed by atoms with Gasteiger partial charge < -0.3 is 10.1 Å². The molecular formula is C13H18BrNO2. The van der Waals surface area contributed by atoms with Crippen LogP contribution in [0.4, 0.5) is 5.69 Å². The van der Waals surface area contributed by atoms with E-state index in [1.807, 2.05) is 39.0 Å². The van der Waals surface area contributed by atoms with E-state index in [1.165, 1.54) is 0 Å². The molecule has 1 aromatic rings. The van der Waals surface area contributed by atoms with Crippen LogP contribution in [0.5, 0.6) is 0 Å². The van der Waals surface area contributed by atoms with Crippen LogP contribution >= 0.6 is 15.9 Å². The van der Waals surface area contributed by atoms with E-state index < -0.39 is 0 Å². The molecule has 0 aliphatic rings. The number of esters is 1. The van der Waals surface area contributed by atoms with Crippen molar-refractivity contribution in [1.29, 1.82) is 0 Å². The van der Waals surface area contributed by atoms with E-state index in [9.17, 15) is 4.79 Å². The Kier molecular flexibility index (Phi) is 5.48. The van der Waals surface area contributed by atoms with Gasteiger partial charge in [-0.2, -0.15) is 0 Å². The highest BCUT2D eigenvalue weighted by molar-refractivity contribution is 9.10. The molecule has 0 aromatic heterocycles. The average molecular weight is 300 g/mol. The Morgan fingerprint density at radius 2 is 2.18 bits per heavy atom. The third-order valence-electron chi connectivity index (χ3n) is 2.51. The molecule has 1 N–H and O–H groups in total. The van der Waals surface area contributed by atoms with Gasteiger partial charge in [0.2, 0.25) is 0 Å². The van der Waals surface area contributed by atoms with Crippen molar-refractivity contribution in [1.82, 2.24) is 0 Å². The average Bonchev–Trinajstić information content (AvgIpc) is 2.30. The number of ether oxygens (including phenoxy) is 1. The predicted molar refractivity (Wildman–Crippen MR) is 73.2 cm³/mol. The van der Waals surface area contributed by atoms with E-state index >= 15 is 0 Å². The summed E-state index contributed by atoms with van der Waals surface area (Å²) in [6, 6.07) is 5.66. The van der Waals surface area contributed by atoms with Gasteiger partial charge in [0.05, 0.1) is 6.61 Å². The summed E-state index contributed by atoms with van der Waals surface area (Å²) in [4.78, 5) is 11.7. The summed E-state index contributed by atoms with van der Waals surface area (Å²) < 4.78 is 6.01. The summed E-state index contributed by atoms with van der Waals surface area (Å²) in [6.45, 7) is 6.19. The Labute approximate surface area is 111 Å². The molecule has 0 radical (unpaired) electrons. The maximum Gasteiger partial charge on any atom is 0.328 e. The quantitative estimate of drug-likeness (QED) is 0.846. The predicted octanol–water partition coefficient (Wildman–Crippen LogP) is 3.51. The first-order valence-corrected chi connectivity index (χ1v) is 6.57. The van der Waals surface area contributed by atoms with Crippen molar-refractivity contribution in [3.63, 3.8) is 0 Å². The zero-order chi connectivity index (χ0) is 12.8. The van der Waals surface area contributed by atoms with E-state index in [2.05, 4.69) is 21.2 Å². The molecule has 4 heteroatoms. The van der Waals surface area contributed by atoms with Gasteiger partial charge in [-0.25, -0.2) is 4.79 Å². The molecule has 1 aromatic carbocycles. The van der Waals surface area contributed by atoms with Crippen molar-refractivity contribution in [3.8, 4) is 0 Å². The van der Waals surface area contributed by atoms with Crippen LogP contribution in [0.3, 0.4) is 0 Å². The van der Waals surface area contributed by atoms with E-state index in [-0.39, 0.29) is 12.0 Å². The van der Waals surface area contributed by atoms with E-state index in [4.69, 9.17) is 4.74 Å². The first-order chi connectivity index (χ1) is 8.08. The van der Waals surface area contributed by atoms with Gasteiger partial charge in [0.1, 0.15) is 6.04 Å². The molecule has 0 aliphatic heterocycles. The van der Waals surface area contributed by atoms with Gasteiger partial charge in [0.15, 0.2) is 0 Å². The molecule has 3 nitrogen and oxygen atoms in total. The third kappa shape index (κ3) is 4.04. The van der Waals surface area contributed by atoms with Gasteiger partial charge in [0.25, 0.3) is 0 Å². The molecule has 0 spiro atoms. The van der Waals surface area contributed by atoms with Crippen molar-refractivity contribution in [2.75, 3.05) is 11.9 Å². The van der Waals surface area contributed by atoms with Crippen LogP contribution in [0.25, 0.3) is 0 Å². The summed E-state index contributed by atoms with van der Waals surface area (Å²) in [5, 5.41) is 3.22. The largest absolute Gasteiger partial charge is 0.464 e. The number of benzene rings is 1. The number of carbonyl (C=O) groups excluding carboxylic acids is 1. The van der Waals surface area contributed by atoms with E-state index in [0.29, 0.717) is 13.0 Å². The first-order valence-electron chi connectivity index (χ1n) is 5.77. The number of hydrogen-bond donors (Lipinski definition) is 1. The van der Waals surface area contributed by atoms with Crippen molar-refractivity contribution in [2.24, 2.45) is 0 Å². The van der Waals surface area contributed by atoms with Crippen LogP contribution in [0.2, 0.25) is 0 Å². The summed E-state index contributed by atoms with van der Waals surface area (Å²) in [7, 11) is 0. The minimum Gasteiger partial charge on any atom is -0.464 e. The van der Waals surface area contributed by atoms with Gasteiger partial charge in [-0.3, -0.25) is 0 Å². The molecule has 0 amide bonds. The van der Waals surface area contributed by atoms with E-state index in [0.717, 1.165) is 15.7 Å². The third-order valence-corrected chi connectivity index (χ3v) is 3.00. The van der Waals surface area contributed by atoms with Crippen LogP contribution in [0.15, 0.2) is 22.7 Å². The Morgan fingerprint density at radius 1 is 1.47 bits per heavy atom. The number of halogens is 1. The number of nitrogens with one attached hydrogen (secondary N) is 1. The molecule has 0 aliphatic carbocycles. The monoisotopic (exact) mass is 299 g/mol. The second kappa shape index (κ2) is 6.64. The molecule has 0 saturated heterocycles. The standard InChI is InChI=1S/C13H18BrNO2/c1-4-11(13(16)17-5-2)15-12-8-10(14)7-6-9(12)3/h6-8,11,15H,4-5H2,1-3H3. The molecule has 1 unspecified atom stereocenters. The molecule has 0 bridgehead atoms. The van der Waals surface area contributed by atoms with Crippen LogP contribution in [0.1, 0.15) is 25.8 Å².